The molecule has 0 saturated heterocycles. The third-order valence-corrected chi connectivity index (χ3v) is 4.19. The first-order valence-electron chi connectivity index (χ1n) is 9.49. The van der Waals surface area contributed by atoms with Gasteiger partial charge in [-0.3, -0.25) is 4.79 Å². The first-order valence-corrected chi connectivity index (χ1v) is 9.49. The molecule has 1 heterocycles. The fourth-order valence-corrected chi connectivity index (χ4v) is 2.72. The normalized spacial score (nSPS) is 10.5. The van der Waals surface area contributed by atoms with Crippen LogP contribution in [0.2, 0.25) is 0 Å². The van der Waals surface area contributed by atoms with Crippen LogP contribution in [0.5, 0.6) is 5.75 Å². The molecule has 2 aromatic rings. The number of nitrogens with one attached hydrogen (secondary N) is 1. The van der Waals surface area contributed by atoms with Gasteiger partial charge in [-0.15, -0.1) is 6.58 Å². The number of ether oxygens (including phenoxy) is 2. The number of hydrogen-bond donors (Lipinski definition) is 2. The van der Waals surface area contributed by atoms with E-state index < -0.39 is 0 Å². The number of aromatic nitrogens is 1. The number of methoxy groups -OCH3 is 1. The third-order valence-electron chi connectivity index (χ3n) is 4.19. The summed E-state index contributed by atoms with van der Waals surface area (Å²) in [5.74, 6) is 0.740. The van der Waals surface area contributed by atoms with E-state index in [1.54, 1.807) is 19.2 Å². The molecule has 1 aromatic carbocycles. The van der Waals surface area contributed by atoms with Crippen molar-refractivity contribution in [3.8, 4) is 5.75 Å². The van der Waals surface area contributed by atoms with Crippen LogP contribution < -0.4 is 15.8 Å². The molecule has 0 bridgehead atoms. The topological polar surface area (TPSA) is 86.5 Å². The molecule has 28 heavy (non-hydrogen) atoms. The molecule has 0 saturated carbocycles. The highest BCUT2D eigenvalue weighted by Crippen LogP contribution is 2.15. The second kappa shape index (κ2) is 11.8. The van der Waals surface area contributed by atoms with Crippen molar-refractivity contribution in [1.29, 1.82) is 0 Å². The van der Waals surface area contributed by atoms with E-state index in [0.717, 1.165) is 37.0 Å². The Hall–Kier alpha value is -2.86. The van der Waals surface area contributed by atoms with Crippen LogP contribution in [-0.4, -0.2) is 24.6 Å². The van der Waals surface area contributed by atoms with E-state index in [2.05, 4.69) is 16.9 Å². The minimum atomic E-state index is -0.262. The summed E-state index contributed by atoms with van der Waals surface area (Å²) in [6, 6.07) is 11.1. The lowest BCUT2D eigenvalue weighted by molar-refractivity contribution is 0.0951. The summed E-state index contributed by atoms with van der Waals surface area (Å²) in [4.78, 5) is 16.6. The summed E-state index contributed by atoms with van der Waals surface area (Å²) in [6.45, 7) is 5.15. The average molecular weight is 383 g/mol. The maximum Gasteiger partial charge on any atom is 0.255 e. The highest BCUT2D eigenvalue weighted by molar-refractivity contribution is 5.98. The largest absolute Gasteiger partial charge is 0.494 e. The second-order valence-electron chi connectivity index (χ2n) is 6.48. The van der Waals surface area contributed by atoms with Gasteiger partial charge in [0.1, 0.15) is 11.6 Å². The molecule has 0 fully saturated rings. The van der Waals surface area contributed by atoms with E-state index in [0.29, 0.717) is 31.0 Å². The van der Waals surface area contributed by atoms with Crippen molar-refractivity contribution in [2.45, 2.75) is 38.8 Å². The minimum Gasteiger partial charge on any atom is -0.494 e. The SMILES string of the molecule is C=CCCCCCOc1cccc(CNC(=O)c2ccc(COC)nc2N)c1. The van der Waals surface area contributed by atoms with Crippen LogP contribution in [0.25, 0.3) is 0 Å². The Labute approximate surface area is 166 Å². The molecule has 0 spiro atoms. The standard InChI is InChI=1S/C22H29N3O3/c1-3-4-5-6-7-13-28-19-10-8-9-17(14-19)15-24-22(26)20-12-11-18(16-27-2)25-21(20)23/h3,8-12,14H,1,4-7,13,15-16H2,2H3,(H2,23,25)(H,24,26). The molecule has 6 nitrogen and oxygen atoms in total. The van der Waals surface area contributed by atoms with E-state index in [-0.39, 0.29) is 11.7 Å². The van der Waals surface area contributed by atoms with Gasteiger partial charge in [0.25, 0.3) is 5.91 Å². The van der Waals surface area contributed by atoms with Crippen molar-refractivity contribution in [3.63, 3.8) is 0 Å². The molecule has 150 valence electrons. The van der Waals surface area contributed by atoms with Crippen LogP contribution in [0.15, 0.2) is 49.1 Å². The van der Waals surface area contributed by atoms with Gasteiger partial charge in [0.2, 0.25) is 0 Å². The van der Waals surface area contributed by atoms with Gasteiger partial charge >= 0.3 is 0 Å². The van der Waals surface area contributed by atoms with Crippen LogP contribution in [0.3, 0.4) is 0 Å². The van der Waals surface area contributed by atoms with Crippen molar-refractivity contribution < 1.29 is 14.3 Å². The number of anilines is 1. The molecule has 0 atom stereocenters. The monoisotopic (exact) mass is 383 g/mol. The number of pyridine rings is 1. The number of benzene rings is 1. The van der Waals surface area contributed by atoms with E-state index in [1.165, 1.54) is 0 Å². The molecule has 6 heteroatoms. The predicted octanol–water partition coefficient (Wildman–Crippen LogP) is 3.87. The molecule has 2 rings (SSSR count). The smallest absolute Gasteiger partial charge is 0.255 e. The Kier molecular flexibility index (Phi) is 9.01. The Bertz CT molecular complexity index is 777. The molecule has 0 aliphatic carbocycles. The fourth-order valence-electron chi connectivity index (χ4n) is 2.72. The van der Waals surface area contributed by atoms with Gasteiger partial charge in [0.15, 0.2) is 0 Å². The van der Waals surface area contributed by atoms with Gasteiger partial charge in [-0.25, -0.2) is 4.98 Å². The summed E-state index contributed by atoms with van der Waals surface area (Å²) >= 11 is 0. The zero-order valence-corrected chi connectivity index (χ0v) is 16.4. The lowest BCUT2D eigenvalue weighted by Crippen LogP contribution is -2.24. The van der Waals surface area contributed by atoms with Gasteiger partial charge in [0.05, 0.1) is 24.5 Å². The molecule has 1 aromatic heterocycles. The fraction of sp³-hybridized carbons (Fsp3) is 0.364. The number of unbranched alkanes of at least 4 members (excludes halogenated alkanes) is 3. The number of allylic oxidation sites excluding steroid dienone is 1. The summed E-state index contributed by atoms with van der Waals surface area (Å²) < 4.78 is 10.8. The van der Waals surface area contributed by atoms with E-state index >= 15 is 0 Å². The Morgan fingerprint density at radius 2 is 2.11 bits per heavy atom. The van der Waals surface area contributed by atoms with Gasteiger partial charge in [-0.1, -0.05) is 18.2 Å². The van der Waals surface area contributed by atoms with E-state index in [9.17, 15) is 4.79 Å². The number of carbonyl (C=O) groups is 1. The number of carbonyl (C=O) groups excluding carboxylic acids is 1. The molecule has 0 unspecified atom stereocenters. The summed E-state index contributed by atoms with van der Waals surface area (Å²) in [5.41, 5.74) is 7.89. The summed E-state index contributed by atoms with van der Waals surface area (Å²) in [7, 11) is 1.58. The molecule has 1 amide bonds. The highest BCUT2D eigenvalue weighted by Gasteiger charge is 2.11. The van der Waals surface area contributed by atoms with Gasteiger partial charge in [-0.2, -0.15) is 0 Å². The van der Waals surface area contributed by atoms with E-state index in [1.807, 2.05) is 30.3 Å². The lowest BCUT2D eigenvalue weighted by atomic mass is 10.2. The van der Waals surface area contributed by atoms with Crippen molar-refractivity contribution >= 4 is 11.7 Å². The van der Waals surface area contributed by atoms with Crippen molar-refractivity contribution in [2.24, 2.45) is 0 Å². The van der Waals surface area contributed by atoms with Crippen LogP contribution in [-0.2, 0) is 17.9 Å². The Morgan fingerprint density at radius 1 is 1.25 bits per heavy atom. The first-order chi connectivity index (χ1) is 13.6. The van der Waals surface area contributed by atoms with Crippen LogP contribution in [0, 0.1) is 0 Å². The molecule has 0 radical (unpaired) electrons. The lowest BCUT2D eigenvalue weighted by Gasteiger charge is -2.10. The number of nitrogen functional groups attached to an aromatic ring is 1. The van der Waals surface area contributed by atoms with Crippen LogP contribution in [0.1, 0.15) is 47.3 Å². The maximum atomic E-state index is 12.4. The molecular weight excluding hydrogens is 354 g/mol. The third kappa shape index (κ3) is 7.04. The van der Waals surface area contributed by atoms with Crippen molar-refractivity contribution in [3.05, 3.63) is 65.9 Å². The van der Waals surface area contributed by atoms with Gasteiger partial charge in [-0.05, 0) is 55.5 Å². The zero-order chi connectivity index (χ0) is 20.2. The quantitative estimate of drug-likeness (QED) is 0.429. The van der Waals surface area contributed by atoms with Crippen molar-refractivity contribution in [2.75, 3.05) is 19.5 Å². The Balaban J connectivity index is 1.83. The summed E-state index contributed by atoms with van der Waals surface area (Å²) in [5, 5.41) is 2.87. The molecule has 0 aliphatic rings. The zero-order valence-electron chi connectivity index (χ0n) is 16.4. The number of amides is 1. The average Bonchev–Trinajstić information content (AvgIpc) is 2.69. The first kappa shape index (κ1) is 21.4. The highest BCUT2D eigenvalue weighted by atomic mass is 16.5. The van der Waals surface area contributed by atoms with E-state index in [4.69, 9.17) is 15.2 Å². The van der Waals surface area contributed by atoms with Crippen molar-refractivity contribution in [1.82, 2.24) is 10.3 Å². The van der Waals surface area contributed by atoms with Crippen LogP contribution >= 0.6 is 0 Å². The number of rotatable bonds is 12. The van der Waals surface area contributed by atoms with Gasteiger partial charge in [0, 0.05) is 13.7 Å². The van der Waals surface area contributed by atoms with Crippen LogP contribution in [0.4, 0.5) is 5.82 Å². The molecule has 3 N–H and O–H groups in total. The number of nitrogens with two attached hydrogens (primary N) is 1. The summed E-state index contributed by atoms with van der Waals surface area (Å²) in [6.07, 6.45) is 6.27. The maximum absolute atomic E-state index is 12.4. The second-order valence-corrected chi connectivity index (χ2v) is 6.48. The number of hydrogen-bond acceptors (Lipinski definition) is 5. The number of nitrogens with zero attached hydrogens (tertiary/aromatic N) is 1. The predicted molar refractivity (Wildman–Crippen MR) is 111 cm³/mol. The van der Waals surface area contributed by atoms with Gasteiger partial charge < -0.3 is 20.5 Å². The minimum absolute atomic E-state index is 0.195. The Morgan fingerprint density at radius 3 is 2.86 bits per heavy atom. The molecule has 0 aliphatic heterocycles. The molecular formula is C22H29N3O3.